The number of aromatic nitrogens is 1. The van der Waals surface area contributed by atoms with Crippen LogP contribution in [0.25, 0.3) is 11.8 Å². The zero-order chi connectivity index (χ0) is 19.8. The summed E-state index contributed by atoms with van der Waals surface area (Å²) in [7, 11) is 0. The fourth-order valence-corrected chi connectivity index (χ4v) is 5.85. The number of hydrogen-bond donors (Lipinski definition) is 0. The van der Waals surface area contributed by atoms with Crippen molar-refractivity contribution in [3.8, 4) is 5.69 Å². The van der Waals surface area contributed by atoms with Crippen LogP contribution in [0.3, 0.4) is 0 Å². The van der Waals surface area contributed by atoms with Gasteiger partial charge in [-0.2, -0.15) is 0 Å². The van der Waals surface area contributed by atoms with Crippen LogP contribution in [0.5, 0.6) is 0 Å². The van der Waals surface area contributed by atoms with Crippen molar-refractivity contribution in [2.45, 2.75) is 52.0 Å². The van der Waals surface area contributed by atoms with Gasteiger partial charge in [-0.3, -0.25) is 9.69 Å². The van der Waals surface area contributed by atoms with Gasteiger partial charge in [-0.15, -0.1) is 0 Å². The molecule has 1 aliphatic carbocycles. The van der Waals surface area contributed by atoms with Crippen molar-refractivity contribution in [2.75, 3.05) is 0 Å². The first-order chi connectivity index (χ1) is 13.5. The molecule has 2 fully saturated rings. The topological polar surface area (TPSA) is 25.2 Å². The van der Waals surface area contributed by atoms with Crippen molar-refractivity contribution in [1.82, 2.24) is 9.47 Å². The summed E-state index contributed by atoms with van der Waals surface area (Å²) in [5.41, 5.74) is 4.47. The number of thiocarbonyl (C=S) groups is 1. The molecule has 1 saturated heterocycles. The normalized spacial score (nSPS) is 19.8. The van der Waals surface area contributed by atoms with E-state index in [9.17, 15) is 4.79 Å². The van der Waals surface area contributed by atoms with Gasteiger partial charge in [0.1, 0.15) is 4.32 Å². The Morgan fingerprint density at radius 2 is 1.82 bits per heavy atom. The van der Waals surface area contributed by atoms with Crippen LogP contribution in [-0.2, 0) is 4.79 Å². The summed E-state index contributed by atoms with van der Waals surface area (Å²) in [6.45, 7) is 4.20. The SMILES string of the molecule is Cc1cc(/C=C2/SC(=S)N(C3CCCCC3)C2=O)c(C)n1-c1ccc(Br)cc1. The van der Waals surface area contributed by atoms with E-state index in [-0.39, 0.29) is 11.9 Å². The maximum atomic E-state index is 13.1. The molecule has 1 aliphatic heterocycles. The van der Waals surface area contributed by atoms with E-state index >= 15 is 0 Å². The summed E-state index contributed by atoms with van der Waals surface area (Å²) in [4.78, 5) is 15.7. The fraction of sp³-hybridized carbons (Fsp3) is 0.364. The van der Waals surface area contributed by atoms with Crippen molar-refractivity contribution in [2.24, 2.45) is 0 Å². The van der Waals surface area contributed by atoms with Crippen molar-refractivity contribution in [1.29, 1.82) is 0 Å². The van der Waals surface area contributed by atoms with E-state index in [1.807, 2.05) is 23.1 Å². The molecule has 0 bridgehead atoms. The number of halogens is 1. The third-order valence-corrected chi connectivity index (χ3v) is 7.46. The van der Waals surface area contributed by atoms with E-state index in [1.54, 1.807) is 0 Å². The highest BCUT2D eigenvalue weighted by Crippen LogP contribution is 2.38. The summed E-state index contributed by atoms with van der Waals surface area (Å²) in [6.07, 6.45) is 7.79. The minimum absolute atomic E-state index is 0.0790. The maximum Gasteiger partial charge on any atom is 0.266 e. The van der Waals surface area contributed by atoms with E-state index in [0.717, 1.165) is 44.9 Å². The molecule has 0 radical (unpaired) electrons. The van der Waals surface area contributed by atoms with Crippen molar-refractivity contribution in [3.05, 3.63) is 56.7 Å². The molecular weight excluding hydrogens is 452 g/mol. The number of rotatable bonds is 3. The van der Waals surface area contributed by atoms with Crippen LogP contribution < -0.4 is 0 Å². The third kappa shape index (κ3) is 3.74. The smallest absolute Gasteiger partial charge is 0.266 e. The first kappa shape index (κ1) is 19.9. The van der Waals surface area contributed by atoms with E-state index in [1.165, 1.54) is 31.0 Å². The molecule has 0 N–H and O–H groups in total. The van der Waals surface area contributed by atoms with Gasteiger partial charge < -0.3 is 4.57 Å². The fourth-order valence-electron chi connectivity index (χ4n) is 4.20. The summed E-state index contributed by atoms with van der Waals surface area (Å²) in [5, 5.41) is 0. The monoisotopic (exact) mass is 474 g/mol. The Labute approximate surface area is 184 Å². The summed E-state index contributed by atoms with van der Waals surface area (Å²) < 4.78 is 4.00. The molecule has 2 aromatic rings. The highest BCUT2D eigenvalue weighted by Gasteiger charge is 2.37. The van der Waals surface area contributed by atoms with E-state index in [2.05, 4.69) is 52.5 Å². The van der Waals surface area contributed by atoms with Gasteiger partial charge in [0, 0.05) is 27.6 Å². The molecule has 0 unspecified atom stereocenters. The number of carbonyl (C=O) groups excluding carboxylic acids is 1. The van der Waals surface area contributed by atoms with Gasteiger partial charge >= 0.3 is 0 Å². The molecule has 1 aromatic heterocycles. The average Bonchev–Trinajstić information content (AvgIpc) is 3.12. The first-order valence-electron chi connectivity index (χ1n) is 9.67. The van der Waals surface area contributed by atoms with Gasteiger partial charge in [-0.1, -0.05) is 59.2 Å². The van der Waals surface area contributed by atoms with Gasteiger partial charge in [0.15, 0.2) is 0 Å². The lowest BCUT2D eigenvalue weighted by atomic mass is 9.94. The van der Waals surface area contributed by atoms with Crippen LogP contribution in [0.2, 0.25) is 0 Å². The van der Waals surface area contributed by atoms with Crippen molar-refractivity contribution in [3.63, 3.8) is 0 Å². The lowest BCUT2D eigenvalue weighted by Gasteiger charge is -2.29. The molecule has 1 saturated carbocycles. The standard InChI is InChI=1S/C22H23BrN2OS2/c1-14-12-16(15(2)24(14)19-10-8-17(23)9-11-19)13-20-21(26)25(22(27)28-20)18-6-4-3-5-7-18/h8-13,18H,3-7H2,1-2H3/b20-13+. The molecule has 28 heavy (non-hydrogen) atoms. The molecule has 3 nitrogen and oxygen atoms in total. The molecular formula is C22H23BrN2OS2. The zero-order valence-electron chi connectivity index (χ0n) is 16.1. The number of benzene rings is 1. The van der Waals surface area contributed by atoms with Gasteiger partial charge in [0.2, 0.25) is 0 Å². The van der Waals surface area contributed by atoms with Crippen LogP contribution in [0, 0.1) is 13.8 Å². The number of aryl methyl sites for hydroxylation is 1. The maximum absolute atomic E-state index is 13.1. The predicted molar refractivity (Wildman–Crippen MR) is 125 cm³/mol. The first-order valence-corrected chi connectivity index (χ1v) is 11.7. The largest absolute Gasteiger partial charge is 0.318 e. The summed E-state index contributed by atoms with van der Waals surface area (Å²) in [5.74, 6) is 0.0790. The number of nitrogens with zero attached hydrogens (tertiary/aromatic N) is 2. The van der Waals surface area contributed by atoms with Crippen molar-refractivity contribution < 1.29 is 4.79 Å². The van der Waals surface area contributed by atoms with Gasteiger partial charge in [0.25, 0.3) is 5.91 Å². The van der Waals surface area contributed by atoms with Gasteiger partial charge in [-0.25, -0.2) is 0 Å². The van der Waals surface area contributed by atoms with Gasteiger partial charge in [0.05, 0.1) is 4.91 Å². The van der Waals surface area contributed by atoms with Crippen LogP contribution in [0.4, 0.5) is 0 Å². The summed E-state index contributed by atoms with van der Waals surface area (Å²) >= 11 is 10.5. The Morgan fingerprint density at radius 1 is 1.14 bits per heavy atom. The molecule has 146 valence electrons. The molecule has 0 atom stereocenters. The van der Waals surface area contributed by atoms with Crippen LogP contribution in [0.15, 0.2) is 39.7 Å². The van der Waals surface area contributed by atoms with E-state index in [4.69, 9.17) is 12.2 Å². The van der Waals surface area contributed by atoms with E-state index in [0.29, 0.717) is 4.32 Å². The average molecular weight is 475 g/mol. The Kier molecular flexibility index (Phi) is 5.81. The lowest BCUT2D eigenvalue weighted by Crippen LogP contribution is -2.39. The Hall–Kier alpha value is -1.37. The molecule has 4 rings (SSSR count). The molecule has 6 heteroatoms. The number of thioether (sulfide) groups is 1. The quantitative estimate of drug-likeness (QED) is 0.380. The third-order valence-electron chi connectivity index (χ3n) is 5.61. The van der Waals surface area contributed by atoms with Crippen LogP contribution in [-0.4, -0.2) is 25.7 Å². The highest BCUT2D eigenvalue weighted by atomic mass is 79.9. The molecule has 2 aliphatic rings. The Morgan fingerprint density at radius 3 is 2.50 bits per heavy atom. The minimum Gasteiger partial charge on any atom is -0.318 e. The highest BCUT2D eigenvalue weighted by molar-refractivity contribution is 9.10. The number of hydrogen-bond acceptors (Lipinski definition) is 3. The van der Waals surface area contributed by atoms with Crippen LogP contribution in [0.1, 0.15) is 49.1 Å². The number of carbonyl (C=O) groups is 1. The molecule has 1 amide bonds. The Balaban J connectivity index is 1.64. The zero-order valence-corrected chi connectivity index (χ0v) is 19.3. The van der Waals surface area contributed by atoms with Gasteiger partial charge in [-0.05, 0) is 68.7 Å². The minimum atomic E-state index is 0.0790. The molecule has 1 aromatic carbocycles. The summed E-state index contributed by atoms with van der Waals surface area (Å²) in [6, 6.07) is 10.7. The van der Waals surface area contributed by atoms with E-state index < -0.39 is 0 Å². The number of amides is 1. The lowest BCUT2D eigenvalue weighted by molar-refractivity contribution is -0.124. The van der Waals surface area contributed by atoms with Crippen LogP contribution >= 0.6 is 39.9 Å². The predicted octanol–water partition coefficient (Wildman–Crippen LogP) is 6.39. The molecule has 2 heterocycles. The second-order valence-corrected chi connectivity index (χ2v) is 10.1. The van der Waals surface area contributed by atoms with Crippen molar-refractivity contribution >= 4 is 56.2 Å². The Bertz CT molecular complexity index is 956. The second kappa shape index (κ2) is 8.17. The second-order valence-electron chi connectivity index (χ2n) is 7.48. The molecule has 0 spiro atoms.